The van der Waals surface area contributed by atoms with Crippen LogP contribution in [0.25, 0.3) is 0 Å². The second-order valence-electron chi connectivity index (χ2n) is 4.05. The molecule has 1 aromatic carbocycles. The Balaban J connectivity index is 2.33. The lowest BCUT2D eigenvalue weighted by Crippen LogP contribution is -2.15. The average molecular weight is 307 g/mol. The van der Waals surface area contributed by atoms with Gasteiger partial charge < -0.3 is 10.6 Å². The molecule has 8 heteroatoms. The lowest BCUT2D eigenvalue weighted by Gasteiger charge is -2.07. The molecule has 2 N–H and O–H groups in total. The van der Waals surface area contributed by atoms with E-state index in [0.717, 1.165) is 0 Å². The molecule has 2 rings (SSSR count). The molecular formula is C13H11ClN4O3. The van der Waals surface area contributed by atoms with E-state index in [1.54, 1.807) is 13.1 Å². The van der Waals surface area contributed by atoms with Crippen LogP contribution in [0.3, 0.4) is 0 Å². The van der Waals surface area contributed by atoms with E-state index in [9.17, 15) is 14.9 Å². The minimum atomic E-state index is -0.617. The van der Waals surface area contributed by atoms with Gasteiger partial charge in [-0.1, -0.05) is 11.6 Å². The highest BCUT2D eigenvalue weighted by molar-refractivity contribution is 6.30. The molecular weight excluding hydrogens is 296 g/mol. The molecule has 21 heavy (non-hydrogen) atoms. The minimum absolute atomic E-state index is 0.0522. The minimum Gasteiger partial charge on any atom is -0.388 e. The number of rotatable bonds is 4. The van der Waals surface area contributed by atoms with Gasteiger partial charge in [-0.2, -0.15) is 0 Å². The first-order valence-electron chi connectivity index (χ1n) is 5.90. The Kier molecular flexibility index (Phi) is 4.34. The van der Waals surface area contributed by atoms with E-state index < -0.39 is 10.8 Å². The first kappa shape index (κ1) is 14.7. The summed E-state index contributed by atoms with van der Waals surface area (Å²) in [5.41, 5.74) is 0.263. The van der Waals surface area contributed by atoms with Crippen molar-refractivity contribution in [2.45, 2.75) is 0 Å². The smallest absolute Gasteiger partial charge is 0.282 e. The number of nitrogens with zero attached hydrogens (tertiary/aromatic N) is 2. The van der Waals surface area contributed by atoms with E-state index in [-0.39, 0.29) is 17.1 Å². The zero-order valence-electron chi connectivity index (χ0n) is 11.0. The van der Waals surface area contributed by atoms with Crippen LogP contribution in [0.4, 0.5) is 17.2 Å². The van der Waals surface area contributed by atoms with E-state index in [1.807, 2.05) is 0 Å². The summed E-state index contributed by atoms with van der Waals surface area (Å²) >= 11 is 5.70. The van der Waals surface area contributed by atoms with E-state index in [4.69, 9.17) is 11.6 Å². The van der Waals surface area contributed by atoms with Crippen molar-refractivity contribution in [3.63, 3.8) is 0 Å². The van der Waals surface area contributed by atoms with Gasteiger partial charge in [0.1, 0.15) is 11.4 Å². The number of nitro benzene ring substituents is 1. The molecule has 1 aromatic heterocycles. The van der Waals surface area contributed by atoms with Crippen molar-refractivity contribution in [3.05, 3.63) is 57.2 Å². The van der Waals surface area contributed by atoms with Crippen molar-refractivity contribution in [2.75, 3.05) is 17.7 Å². The Morgan fingerprint density at radius 1 is 1.33 bits per heavy atom. The van der Waals surface area contributed by atoms with Crippen LogP contribution in [0.1, 0.15) is 10.4 Å². The zero-order valence-corrected chi connectivity index (χ0v) is 11.7. The number of carbonyl (C=O) groups excluding carboxylic acids is 1. The fourth-order valence-electron chi connectivity index (χ4n) is 1.67. The summed E-state index contributed by atoms with van der Waals surface area (Å²) in [7, 11) is 1.66. The van der Waals surface area contributed by atoms with Gasteiger partial charge in [0.15, 0.2) is 0 Å². The SMILES string of the molecule is CNc1ccc([N+](=O)[O-])c(C(=O)Nc2ccc(Cl)cn2)c1. The van der Waals surface area contributed by atoms with Gasteiger partial charge in [-0.3, -0.25) is 14.9 Å². The molecule has 1 amide bonds. The van der Waals surface area contributed by atoms with E-state index in [0.29, 0.717) is 10.7 Å². The average Bonchev–Trinajstić information content (AvgIpc) is 2.48. The molecule has 0 fully saturated rings. The number of nitro groups is 1. The molecule has 0 unspecified atom stereocenters. The van der Waals surface area contributed by atoms with Crippen LogP contribution in [-0.2, 0) is 0 Å². The Labute approximate surface area is 125 Å². The summed E-state index contributed by atoms with van der Waals surface area (Å²) in [4.78, 5) is 26.5. The predicted molar refractivity (Wildman–Crippen MR) is 79.8 cm³/mol. The molecule has 108 valence electrons. The third-order valence-corrected chi connectivity index (χ3v) is 2.92. The Hall–Kier alpha value is -2.67. The highest BCUT2D eigenvalue weighted by Gasteiger charge is 2.21. The van der Waals surface area contributed by atoms with Crippen molar-refractivity contribution in [2.24, 2.45) is 0 Å². The molecule has 0 aliphatic rings. The molecule has 1 heterocycles. The van der Waals surface area contributed by atoms with Crippen molar-refractivity contribution in [3.8, 4) is 0 Å². The second kappa shape index (κ2) is 6.19. The number of hydrogen-bond donors (Lipinski definition) is 2. The highest BCUT2D eigenvalue weighted by Crippen LogP contribution is 2.23. The molecule has 0 radical (unpaired) electrons. The summed E-state index contributed by atoms with van der Waals surface area (Å²) in [6, 6.07) is 7.27. The molecule has 0 aliphatic heterocycles. The fourth-order valence-corrected chi connectivity index (χ4v) is 1.78. The molecule has 0 bridgehead atoms. The van der Waals surface area contributed by atoms with E-state index >= 15 is 0 Å². The predicted octanol–water partition coefficient (Wildman–Crippen LogP) is 2.94. The number of pyridine rings is 1. The van der Waals surface area contributed by atoms with Crippen molar-refractivity contribution < 1.29 is 9.72 Å². The van der Waals surface area contributed by atoms with Gasteiger partial charge in [0.05, 0.1) is 9.95 Å². The summed E-state index contributed by atoms with van der Waals surface area (Å²) in [5.74, 6) is -0.359. The Bertz CT molecular complexity index is 688. The fraction of sp³-hybridized carbons (Fsp3) is 0.0769. The molecule has 0 saturated heterocycles. The number of halogens is 1. The van der Waals surface area contributed by atoms with Crippen LogP contribution in [-0.4, -0.2) is 22.9 Å². The zero-order chi connectivity index (χ0) is 15.4. The summed E-state index contributed by atoms with van der Waals surface area (Å²) in [6.07, 6.45) is 1.37. The Morgan fingerprint density at radius 2 is 2.10 bits per heavy atom. The molecule has 2 aromatic rings. The van der Waals surface area contributed by atoms with Gasteiger partial charge in [0, 0.05) is 25.0 Å². The van der Waals surface area contributed by atoms with Crippen LogP contribution in [0.2, 0.25) is 5.02 Å². The Morgan fingerprint density at radius 3 is 2.67 bits per heavy atom. The number of aromatic nitrogens is 1. The molecule has 0 aliphatic carbocycles. The largest absolute Gasteiger partial charge is 0.388 e. The quantitative estimate of drug-likeness (QED) is 0.668. The first-order chi connectivity index (χ1) is 10.0. The number of amides is 1. The number of hydrogen-bond acceptors (Lipinski definition) is 5. The van der Waals surface area contributed by atoms with E-state index in [1.165, 1.54) is 30.5 Å². The second-order valence-corrected chi connectivity index (χ2v) is 4.49. The number of nitrogens with one attached hydrogen (secondary N) is 2. The maximum atomic E-state index is 12.2. The molecule has 7 nitrogen and oxygen atoms in total. The molecule has 0 saturated carbocycles. The van der Waals surface area contributed by atoms with Gasteiger partial charge in [-0.15, -0.1) is 0 Å². The number of carbonyl (C=O) groups is 1. The summed E-state index contributed by atoms with van der Waals surface area (Å²) in [6.45, 7) is 0. The van der Waals surface area contributed by atoms with Gasteiger partial charge in [-0.05, 0) is 24.3 Å². The topological polar surface area (TPSA) is 97.2 Å². The maximum absolute atomic E-state index is 12.2. The summed E-state index contributed by atoms with van der Waals surface area (Å²) < 4.78 is 0. The summed E-state index contributed by atoms with van der Waals surface area (Å²) in [5, 5.41) is 16.7. The first-order valence-corrected chi connectivity index (χ1v) is 6.28. The monoisotopic (exact) mass is 306 g/mol. The van der Waals surface area contributed by atoms with Crippen LogP contribution >= 0.6 is 11.6 Å². The molecule has 0 atom stereocenters. The van der Waals surface area contributed by atoms with Gasteiger partial charge in [-0.25, -0.2) is 4.98 Å². The molecule has 0 spiro atoms. The van der Waals surface area contributed by atoms with Gasteiger partial charge in [0.25, 0.3) is 11.6 Å². The standard InChI is InChI=1S/C13H11ClN4O3/c1-15-9-3-4-11(18(20)21)10(6-9)13(19)17-12-5-2-8(14)7-16-12/h2-7,15H,1H3,(H,16,17,19). The number of anilines is 2. The lowest BCUT2D eigenvalue weighted by atomic mass is 10.1. The third kappa shape index (κ3) is 3.46. The van der Waals surface area contributed by atoms with Crippen LogP contribution in [0.5, 0.6) is 0 Å². The highest BCUT2D eigenvalue weighted by atomic mass is 35.5. The van der Waals surface area contributed by atoms with E-state index in [2.05, 4.69) is 15.6 Å². The van der Waals surface area contributed by atoms with Crippen LogP contribution in [0.15, 0.2) is 36.5 Å². The normalized spacial score (nSPS) is 10.0. The lowest BCUT2D eigenvalue weighted by molar-refractivity contribution is -0.385. The van der Waals surface area contributed by atoms with Crippen molar-refractivity contribution in [1.82, 2.24) is 4.98 Å². The third-order valence-electron chi connectivity index (χ3n) is 2.70. The van der Waals surface area contributed by atoms with Gasteiger partial charge in [0.2, 0.25) is 0 Å². The van der Waals surface area contributed by atoms with Gasteiger partial charge >= 0.3 is 0 Å². The van der Waals surface area contributed by atoms with Crippen molar-refractivity contribution >= 4 is 34.7 Å². The maximum Gasteiger partial charge on any atom is 0.282 e. The van der Waals surface area contributed by atoms with Crippen LogP contribution < -0.4 is 10.6 Å². The van der Waals surface area contributed by atoms with Crippen LogP contribution in [0, 0.1) is 10.1 Å². The van der Waals surface area contributed by atoms with Crippen molar-refractivity contribution in [1.29, 1.82) is 0 Å². The number of benzene rings is 1.